The van der Waals surface area contributed by atoms with E-state index in [-0.39, 0.29) is 16.9 Å². The van der Waals surface area contributed by atoms with E-state index in [4.69, 9.17) is 0 Å². The first-order valence-corrected chi connectivity index (χ1v) is 7.07. The van der Waals surface area contributed by atoms with E-state index in [1.54, 1.807) is 12.1 Å². The normalized spacial score (nSPS) is 31.0. The molecule has 0 spiro atoms. The molecule has 2 aliphatic rings. The van der Waals surface area contributed by atoms with E-state index in [0.29, 0.717) is 5.92 Å². The van der Waals surface area contributed by atoms with Crippen molar-refractivity contribution in [2.75, 3.05) is 0 Å². The molecule has 0 amide bonds. The second-order valence-corrected chi connectivity index (χ2v) is 6.26. The quantitative estimate of drug-likeness (QED) is 0.854. The molecular weight excluding hydrogens is 292 g/mol. The van der Waals surface area contributed by atoms with Gasteiger partial charge in [0, 0.05) is 5.41 Å². The minimum atomic E-state index is -0.216. The second kappa shape index (κ2) is 3.95. The Morgan fingerprint density at radius 2 is 2.00 bits per heavy atom. The molecule has 1 fully saturated rings. The van der Waals surface area contributed by atoms with Gasteiger partial charge in [-0.25, -0.2) is 0 Å². The van der Waals surface area contributed by atoms with Crippen LogP contribution in [0.4, 0.5) is 0 Å². The fourth-order valence-electron chi connectivity index (χ4n) is 3.40. The topological polar surface area (TPSA) is 37.3 Å². The summed E-state index contributed by atoms with van der Waals surface area (Å²) in [4.78, 5) is 12.4. The summed E-state index contributed by atoms with van der Waals surface area (Å²) in [5.74, 6) is 0.825. The number of allylic oxidation sites excluding steroid dienone is 2. The number of benzene rings is 1. The number of fused-ring (bicyclic) bond motifs is 1. The summed E-state index contributed by atoms with van der Waals surface area (Å²) in [6.45, 7) is 2.08. The highest BCUT2D eigenvalue weighted by Gasteiger charge is 2.53. The zero-order valence-corrected chi connectivity index (χ0v) is 11.8. The number of hydrogen-bond donors (Lipinski definition) is 1. The summed E-state index contributed by atoms with van der Waals surface area (Å²) >= 11 is 3.48. The van der Waals surface area contributed by atoms with Crippen molar-refractivity contribution in [3.05, 3.63) is 34.3 Å². The molecule has 2 nitrogen and oxygen atoms in total. The molecule has 2 atom stereocenters. The van der Waals surface area contributed by atoms with E-state index < -0.39 is 0 Å². The number of hydrogen-bond acceptors (Lipinski definition) is 2. The van der Waals surface area contributed by atoms with Crippen molar-refractivity contribution in [2.45, 2.75) is 26.2 Å². The summed E-state index contributed by atoms with van der Waals surface area (Å²) < 4.78 is 0.736. The predicted octanol–water partition coefficient (Wildman–Crippen LogP) is 3.89. The smallest absolute Gasteiger partial charge is 0.176 e. The SMILES string of the molecule is CC12CCCC1C(c1ccc(O)cc1)=C(Br)C2=O. The van der Waals surface area contributed by atoms with Gasteiger partial charge in [0.15, 0.2) is 5.78 Å². The highest BCUT2D eigenvalue weighted by atomic mass is 79.9. The minimum Gasteiger partial charge on any atom is -0.508 e. The fraction of sp³-hybridized carbons (Fsp3) is 0.400. The number of rotatable bonds is 1. The van der Waals surface area contributed by atoms with E-state index in [2.05, 4.69) is 22.9 Å². The van der Waals surface area contributed by atoms with Crippen LogP contribution in [0.15, 0.2) is 28.7 Å². The van der Waals surface area contributed by atoms with Crippen LogP contribution in [0.1, 0.15) is 31.7 Å². The highest BCUT2D eigenvalue weighted by molar-refractivity contribution is 9.12. The average molecular weight is 307 g/mol. The molecule has 94 valence electrons. The molecule has 2 aliphatic carbocycles. The van der Waals surface area contributed by atoms with Gasteiger partial charge in [-0.3, -0.25) is 4.79 Å². The van der Waals surface area contributed by atoms with Gasteiger partial charge in [-0.1, -0.05) is 25.5 Å². The number of carbonyl (C=O) groups excluding carboxylic acids is 1. The van der Waals surface area contributed by atoms with Crippen LogP contribution in [0.2, 0.25) is 0 Å². The van der Waals surface area contributed by atoms with Crippen molar-refractivity contribution < 1.29 is 9.90 Å². The predicted molar refractivity (Wildman–Crippen MR) is 74.4 cm³/mol. The summed E-state index contributed by atoms with van der Waals surface area (Å²) in [5.41, 5.74) is 1.95. The molecule has 1 aromatic carbocycles. The maximum Gasteiger partial charge on any atom is 0.176 e. The standard InChI is InChI=1S/C15H15BrO2/c1-15-8-2-3-11(15)12(13(16)14(15)18)9-4-6-10(17)7-5-9/h4-7,11,17H,2-3,8H2,1H3. The molecule has 0 saturated heterocycles. The average Bonchev–Trinajstić information content (AvgIpc) is 2.81. The third-order valence-electron chi connectivity index (χ3n) is 4.44. The van der Waals surface area contributed by atoms with Crippen LogP contribution in [0.25, 0.3) is 5.57 Å². The maximum atomic E-state index is 12.4. The maximum absolute atomic E-state index is 12.4. The lowest BCUT2D eigenvalue weighted by atomic mass is 9.78. The van der Waals surface area contributed by atoms with Gasteiger partial charge in [-0.15, -0.1) is 0 Å². The Morgan fingerprint density at radius 3 is 2.67 bits per heavy atom. The Labute approximate surface area is 115 Å². The number of phenols is 1. The lowest BCUT2D eigenvalue weighted by Gasteiger charge is -2.23. The molecule has 3 heteroatoms. The molecular formula is C15H15BrO2. The van der Waals surface area contributed by atoms with Gasteiger partial charge in [0.25, 0.3) is 0 Å². The summed E-state index contributed by atoms with van der Waals surface area (Å²) in [6, 6.07) is 7.14. The van der Waals surface area contributed by atoms with Gasteiger partial charge in [-0.2, -0.15) is 0 Å². The third kappa shape index (κ3) is 1.50. The first-order valence-electron chi connectivity index (χ1n) is 6.28. The molecule has 0 heterocycles. The lowest BCUT2D eigenvalue weighted by Crippen LogP contribution is -2.25. The molecule has 2 unspecified atom stereocenters. The van der Waals surface area contributed by atoms with E-state index >= 15 is 0 Å². The van der Waals surface area contributed by atoms with Crippen molar-refractivity contribution in [2.24, 2.45) is 11.3 Å². The van der Waals surface area contributed by atoms with Crippen molar-refractivity contribution in [1.29, 1.82) is 0 Å². The molecule has 3 rings (SSSR count). The van der Waals surface area contributed by atoms with Gasteiger partial charge in [-0.05, 0) is 58.0 Å². The molecule has 0 aromatic heterocycles. The summed E-state index contributed by atoms with van der Waals surface area (Å²) in [6.07, 6.45) is 3.18. The number of carbonyl (C=O) groups is 1. The number of Topliss-reactive ketones (excluding diaryl/α,β-unsaturated/α-hetero) is 1. The minimum absolute atomic E-state index is 0.216. The monoisotopic (exact) mass is 306 g/mol. The van der Waals surface area contributed by atoms with E-state index in [1.165, 1.54) is 0 Å². The van der Waals surface area contributed by atoms with Crippen molar-refractivity contribution in [1.82, 2.24) is 0 Å². The molecule has 1 N–H and O–H groups in total. The van der Waals surface area contributed by atoms with Gasteiger partial charge in [0.1, 0.15) is 5.75 Å². The number of ketones is 1. The van der Waals surface area contributed by atoms with Gasteiger partial charge < -0.3 is 5.11 Å². The first kappa shape index (κ1) is 12.0. The fourth-order valence-corrected chi connectivity index (χ4v) is 4.35. The van der Waals surface area contributed by atoms with Crippen molar-refractivity contribution in [3.8, 4) is 5.75 Å². The Hall–Kier alpha value is -1.09. The second-order valence-electron chi connectivity index (χ2n) is 5.47. The number of aromatic hydroxyl groups is 1. The largest absolute Gasteiger partial charge is 0.508 e. The molecule has 1 aromatic rings. The molecule has 0 radical (unpaired) electrons. The molecule has 0 bridgehead atoms. The van der Waals surface area contributed by atoms with Crippen LogP contribution >= 0.6 is 15.9 Å². The van der Waals surface area contributed by atoms with Gasteiger partial charge in [0.05, 0.1) is 4.48 Å². The third-order valence-corrected chi connectivity index (χ3v) is 5.23. The van der Waals surface area contributed by atoms with E-state index in [0.717, 1.165) is 34.9 Å². The number of phenolic OH excluding ortho intramolecular Hbond substituents is 1. The Bertz CT molecular complexity index is 544. The Balaban J connectivity index is 2.11. The van der Waals surface area contributed by atoms with Crippen LogP contribution in [-0.4, -0.2) is 10.9 Å². The summed E-state index contributed by atoms with van der Waals surface area (Å²) in [7, 11) is 0. The van der Waals surface area contributed by atoms with Crippen LogP contribution in [-0.2, 0) is 4.79 Å². The summed E-state index contributed by atoms with van der Waals surface area (Å²) in [5, 5.41) is 9.36. The van der Waals surface area contributed by atoms with Crippen LogP contribution < -0.4 is 0 Å². The highest BCUT2D eigenvalue weighted by Crippen LogP contribution is 2.58. The van der Waals surface area contributed by atoms with Crippen molar-refractivity contribution >= 4 is 27.3 Å². The zero-order chi connectivity index (χ0) is 12.9. The van der Waals surface area contributed by atoms with E-state index in [9.17, 15) is 9.90 Å². The number of halogens is 1. The van der Waals surface area contributed by atoms with Crippen LogP contribution in [0.5, 0.6) is 5.75 Å². The van der Waals surface area contributed by atoms with Crippen LogP contribution in [0.3, 0.4) is 0 Å². The van der Waals surface area contributed by atoms with E-state index in [1.807, 2.05) is 12.1 Å². The van der Waals surface area contributed by atoms with Gasteiger partial charge in [0.2, 0.25) is 0 Å². The van der Waals surface area contributed by atoms with Crippen molar-refractivity contribution in [3.63, 3.8) is 0 Å². The van der Waals surface area contributed by atoms with Gasteiger partial charge >= 0.3 is 0 Å². The van der Waals surface area contributed by atoms with Crippen LogP contribution in [0, 0.1) is 11.3 Å². The first-order chi connectivity index (χ1) is 8.54. The Kier molecular flexibility index (Phi) is 2.63. The Morgan fingerprint density at radius 1 is 1.33 bits per heavy atom. The molecule has 18 heavy (non-hydrogen) atoms. The molecule has 1 saturated carbocycles. The molecule has 0 aliphatic heterocycles. The zero-order valence-electron chi connectivity index (χ0n) is 10.2. The lowest BCUT2D eigenvalue weighted by molar-refractivity contribution is -0.122.